The summed E-state index contributed by atoms with van der Waals surface area (Å²) in [6.07, 6.45) is 1.28. The number of rotatable bonds is 7. The van der Waals surface area contributed by atoms with Crippen molar-refractivity contribution in [2.45, 2.75) is 40.2 Å². The van der Waals surface area contributed by atoms with E-state index in [4.69, 9.17) is 9.47 Å². The van der Waals surface area contributed by atoms with E-state index in [2.05, 4.69) is 61.8 Å². The summed E-state index contributed by atoms with van der Waals surface area (Å²) in [5.74, 6) is 2.45. The van der Waals surface area contributed by atoms with Crippen LogP contribution in [0.2, 0.25) is 0 Å². The van der Waals surface area contributed by atoms with Gasteiger partial charge in [0, 0.05) is 16.1 Å². The van der Waals surface area contributed by atoms with Crippen molar-refractivity contribution in [3.05, 3.63) is 35.9 Å². The van der Waals surface area contributed by atoms with Crippen LogP contribution < -0.4 is 9.47 Å². The maximum Gasteiger partial charge on any atom is 0.130 e. The van der Waals surface area contributed by atoms with Crippen molar-refractivity contribution in [2.24, 2.45) is 5.92 Å². The molecule has 0 amide bonds. The first kappa shape index (κ1) is 17.1. The van der Waals surface area contributed by atoms with Gasteiger partial charge in [-0.15, -0.1) is 0 Å². The number of aryl methyl sites for hydroxylation is 1. The molecule has 1 atom stereocenters. The third-order valence-corrected chi connectivity index (χ3v) is 4.08. The van der Waals surface area contributed by atoms with Gasteiger partial charge in [-0.1, -0.05) is 47.1 Å². The molecule has 0 aliphatic carbocycles. The van der Waals surface area contributed by atoms with Gasteiger partial charge in [0.2, 0.25) is 0 Å². The predicted molar refractivity (Wildman–Crippen MR) is 97.5 cm³/mol. The van der Waals surface area contributed by atoms with Gasteiger partial charge in [-0.3, -0.25) is 0 Å². The van der Waals surface area contributed by atoms with Gasteiger partial charge in [-0.25, -0.2) is 0 Å². The van der Waals surface area contributed by atoms with Crippen LogP contribution in [0.4, 0.5) is 0 Å². The van der Waals surface area contributed by atoms with E-state index >= 15 is 0 Å². The van der Waals surface area contributed by atoms with Crippen molar-refractivity contribution in [3.8, 4) is 11.5 Å². The molecule has 0 aromatic heterocycles. The first-order valence-corrected chi connectivity index (χ1v) is 9.02. The highest BCUT2D eigenvalue weighted by molar-refractivity contribution is 9.09. The summed E-state index contributed by atoms with van der Waals surface area (Å²) in [4.78, 5) is 0. The van der Waals surface area contributed by atoms with Gasteiger partial charge in [0.1, 0.15) is 11.5 Å². The van der Waals surface area contributed by atoms with E-state index in [1.54, 1.807) is 0 Å². The highest BCUT2D eigenvalue weighted by Gasteiger charge is 2.13. The molecular formula is C19H25BrO2. The van der Waals surface area contributed by atoms with Gasteiger partial charge in [-0.05, 0) is 44.7 Å². The van der Waals surface area contributed by atoms with E-state index in [1.165, 1.54) is 0 Å². The minimum atomic E-state index is 0.160. The maximum absolute atomic E-state index is 6.10. The lowest BCUT2D eigenvalue weighted by Crippen LogP contribution is -2.10. The molecule has 3 heteroatoms. The quantitative estimate of drug-likeness (QED) is 0.583. The van der Waals surface area contributed by atoms with E-state index in [0.29, 0.717) is 5.92 Å². The van der Waals surface area contributed by atoms with Crippen LogP contribution in [0.5, 0.6) is 11.5 Å². The van der Waals surface area contributed by atoms with Crippen LogP contribution in [-0.2, 0) is 0 Å². The van der Waals surface area contributed by atoms with Crippen LogP contribution in [0.1, 0.15) is 32.8 Å². The maximum atomic E-state index is 6.10. The molecule has 0 N–H and O–H groups in total. The van der Waals surface area contributed by atoms with E-state index in [1.807, 2.05) is 12.1 Å². The van der Waals surface area contributed by atoms with E-state index in [9.17, 15) is 0 Å². The molecular weight excluding hydrogens is 340 g/mol. The second-order valence-electron chi connectivity index (χ2n) is 6.13. The largest absolute Gasteiger partial charge is 0.493 e. The van der Waals surface area contributed by atoms with Gasteiger partial charge in [0.25, 0.3) is 0 Å². The second kappa shape index (κ2) is 7.87. The average molecular weight is 365 g/mol. The Hall–Kier alpha value is -1.22. The van der Waals surface area contributed by atoms with Crippen LogP contribution in [0.3, 0.4) is 0 Å². The number of hydrogen-bond acceptors (Lipinski definition) is 2. The zero-order valence-corrected chi connectivity index (χ0v) is 15.4. The van der Waals surface area contributed by atoms with Crippen molar-refractivity contribution in [2.75, 3.05) is 11.9 Å². The Morgan fingerprint density at radius 2 is 1.77 bits per heavy atom. The molecule has 0 fully saturated rings. The lowest BCUT2D eigenvalue weighted by Gasteiger charge is -2.19. The Kier molecular flexibility index (Phi) is 6.13. The SMILES string of the molecule is Cc1cc(OCC(C)CCBr)c2ccccc2c1OC(C)C. The monoisotopic (exact) mass is 364 g/mol. The van der Waals surface area contributed by atoms with Crippen molar-refractivity contribution in [3.63, 3.8) is 0 Å². The Morgan fingerprint density at radius 3 is 2.41 bits per heavy atom. The standard InChI is InChI=1S/C19H25BrO2/c1-13(2)22-19-15(4)11-18(21-12-14(3)9-10-20)16-7-5-6-8-17(16)19/h5-8,11,13-14H,9-10,12H2,1-4H3. The first-order valence-electron chi connectivity index (χ1n) is 7.90. The van der Waals surface area contributed by atoms with Crippen molar-refractivity contribution < 1.29 is 9.47 Å². The molecule has 0 saturated heterocycles. The number of benzene rings is 2. The molecule has 2 nitrogen and oxygen atoms in total. The number of ether oxygens (including phenoxy) is 2. The molecule has 22 heavy (non-hydrogen) atoms. The Bertz CT molecular complexity index is 622. The molecule has 0 radical (unpaired) electrons. The highest BCUT2D eigenvalue weighted by atomic mass is 79.9. The summed E-state index contributed by atoms with van der Waals surface area (Å²) in [5, 5.41) is 3.26. The Labute approximate surface area is 141 Å². The first-order chi connectivity index (χ1) is 10.5. The lowest BCUT2D eigenvalue weighted by atomic mass is 10.0. The van der Waals surface area contributed by atoms with E-state index < -0.39 is 0 Å². The molecule has 0 aliphatic rings. The molecule has 0 heterocycles. The summed E-state index contributed by atoms with van der Waals surface area (Å²) >= 11 is 3.49. The summed E-state index contributed by atoms with van der Waals surface area (Å²) in [6, 6.07) is 10.4. The number of hydrogen-bond donors (Lipinski definition) is 0. The van der Waals surface area contributed by atoms with Crippen LogP contribution in [0.25, 0.3) is 10.8 Å². The number of fused-ring (bicyclic) bond motifs is 1. The normalized spacial score (nSPS) is 12.6. The minimum Gasteiger partial charge on any atom is -0.493 e. The summed E-state index contributed by atoms with van der Waals surface area (Å²) in [5.41, 5.74) is 1.12. The molecule has 1 unspecified atom stereocenters. The van der Waals surface area contributed by atoms with E-state index in [0.717, 1.165) is 46.2 Å². The van der Waals surface area contributed by atoms with Crippen LogP contribution in [0.15, 0.2) is 30.3 Å². The summed E-state index contributed by atoms with van der Waals surface area (Å²) in [6.45, 7) is 9.14. The average Bonchev–Trinajstić information content (AvgIpc) is 2.48. The third-order valence-electron chi connectivity index (χ3n) is 3.62. The Balaban J connectivity index is 2.36. The van der Waals surface area contributed by atoms with Crippen LogP contribution in [0, 0.1) is 12.8 Å². The van der Waals surface area contributed by atoms with Crippen molar-refractivity contribution >= 4 is 26.7 Å². The third kappa shape index (κ3) is 4.16. The summed E-state index contributed by atoms with van der Waals surface area (Å²) < 4.78 is 12.1. The minimum absolute atomic E-state index is 0.160. The lowest BCUT2D eigenvalue weighted by molar-refractivity contribution is 0.242. The molecule has 0 bridgehead atoms. The smallest absolute Gasteiger partial charge is 0.130 e. The van der Waals surface area contributed by atoms with Crippen molar-refractivity contribution in [1.82, 2.24) is 0 Å². The molecule has 0 aliphatic heterocycles. The van der Waals surface area contributed by atoms with Crippen LogP contribution in [-0.4, -0.2) is 18.0 Å². The predicted octanol–water partition coefficient (Wildman–Crippen LogP) is 5.74. The second-order valence-corrected chi connectivity index (χ2v) is 6.92. The number of halogens is 1. The fourth-order valence-corrected chi connectivity index (χ4v) is 3.24. The van der Waals surface area contributed by atoms with Crippen molar-refractivity contribution in [1.29, 1.82) is 0 Å². The summed E-state index contributed by atoms with van der Waals surface area (Å²) in [7, 11) is 0. The molecule has 0 spiro atoms. The molecule has 120 valence electrons. The fourth-order valence-electron chi connectivity index (χ4n) is 2.46. The van der Waals surface area contributed by atoms with Gasteiger partial charge in [0.15, 0.2) is 0 Å². The van der Waals surface area contributed by atoms with Gasteiger partial charge < -0.3 is 9.47 Å². The molecule has 2 aromatic carbocycles. The molecule has 0 saturated carbocycles. The highest BCUT2D eigenvalue weighted by Crippen LogP contribution is 2.37. The fraction of sp³-hybridized carbons (Fsp3) is 0.474. The van der Waals surface area contributed by atoms with E-state index in [-0.39, 0.29) is 6.10 Å². The van der Waals surface area contributed by atoms with Gasteiger partial charge >= 0.3 is 0 Å². The number of alkyl halides is 1. The van der Waals surface area contributed by atoms with Gasteiger partial charge in [0.05, 0.1) is 12.7 Å². The molecule has 2 rings (SSSR count). The van der Waals surface area contributed by atoms with Crippen LogP contribution >= 0.6 is 15.9 Å². The Morgan fingerprint density at radius 1 is 1.09 bits per heavy atom. The topological polar surface area (TPSA) is 18.5 Å². The van der Waals surface area contributed by atoms with Gasteiger partial charge in [-0.2, -0.15) is 0 Å². The zero-order chi connectivity index (χ0) is 16.1. The molecule has 2 aromatic rings. The zero-order valence-electron chi connectivity index (χ0n) is 13.9.